The minimum atomic E-state index is 0.225. The van der Waals surface area contributed by atoms with E-state index in [1.54, 1.807) is 0 Å². The van der Waals surface area contributed by atoms with Gasteiger partial charge in [-0.1, -0.05) is 6.92 Å². The van der Waals surface area contributed by atoms with Crippen molar-refractivity contribution in [1.82, 2.24) is 9.97 Å². The van der Waals surface area contributed by atoms with Gasteiger partial charge in [0.15, 0.2) is 0 Å². The van der Waals surface area contributed by atoms with Gasteiger partial charge < -0.3 is 15.4 Å². The van der Waals surface area contributed by atoms with Gasteiger partial charge in [-0.15, -0.1) is 0 Å². The van der Waals surface area contributed by atoms with Gasteiger partial charge in [-0.05, 0) is 26.2 Å². The molecule has 5 nitrogen and oxygen atoms in total. The highest BCUT2D eigenvalue weighted by Gasteiger charge is 2.19. The zero-order valence-corrected chi connectivity index (χ0v) is 11.2. The molecule has 5 heteroatoms. The molecule has 0 unspecified atom stereocenters. The number of aryl methyl sites for hydroxylation is 1. The van der Waals surface area contributed by atoms with Gasteiger partial charge >= 0.3 is 0 Å². The SMILES string of the molecule is CCCOc1cc(C)nc(N2CCC[C@@H](N)C2)n1. The number of aromatic nitrogens is 2. The van der Waals surface area contributed by atoms with Crippen LogP contribution in [0.5, 0.6) is 5.88 Å². The second kappa shape index (κ2) is 6.00. The summed E-state index contributed by atoms with van der Waals surface area (Å²) in [6.45, 7) is 6.54. The topological polar surface area (TPSA) is 64.3 Å². The Morgan fingerprint density at radius 3 is 3.06 bits per heavy atom. The summed E-state index contributed by atoms with van der Waals surface area (Å²) in [6, 6.07) is 2.10. The van der Waals surface area contributed by atoms with Crippen LogP contribution in [0.15, 0.2) is 6.07 Å². The smallest absolute Gasteiger partial charge is 0.228 e. The van der Waals surface area contributed by atoms with Crippen molar-refractivity contribution < 1.29 is 4.74 Å². The van der Waals surface area contributed by atoms with E-state index in [-0.39, 0.29) is 6.04 Å². The van der Waals surface area contributed by atoms with Crippen molar-refractivity contribution >= 4 is 5.95 Å². The van der Waals surface area contributed by atoms with Crippen LogP contribution in [0.25, 0.3) is 0 Å². The fourth-order valence-corrected chi connectivity index (χ4v) is 2.14. The van der Waals surface area contributed by atoms with Crippen LogP contribution in [0.4, 0.5) is 5.95 Å². The minimum absolute atomic E-state index is 0.225. The Labute approximate surface area is 108 Å². The van der Waals surface area contributed by atoms with Crippen LogP contribution in [-0.4, -0.2) is 35.7 Å². The molecule has 0 aliphatic carbocycles. The summed E-state index contributed by atoms with van der Waals surface area (Å²) >= 11 is 0. The van der Waals surface area contributed by atoms with Crippen molar-refractivity contribution in [3.63, 3.8) is 0 Å². The van der Waals surface area contributed by atoms with Crippen molar-refractivity contribution in [1.29, 1.82) is 0 Å². The van der Waals surface area contributed by atoms with Crippen molar-refractivity contribution in [2.24, 2.45) is 5.73 Å². The molecular formula is C13H22N4O. The molecule has 2 heterocycles. The third-order valence-electron chi connectivity index (χ3n) is 3.01. The van der Waals surface area contributed by atoms with E-state index in [0.717, 1.165) is 44.0 Å². The molecule has 0 saturated carbocycles. The molecule has 1 aromatic heterocycles. The molecule has 2 rings (SSSR count). The van der Waals surface area contributed by atoms with E-state index < -0.39 is 0 Å². The molecule has 100 valence electrons. The van der Waals surface area contributed by atoms with E-state index in [1.807, 2.05) is 13.0 Å². The molecular weight excluding hydrogens is 228 g/mol. The molecule has 0 bridgehead atoms. The summed E-state index contributed by atoms with van der Waals surface area (Å²) in [5, 5.41) is 0. The quantitative estimate of drug-likeness (QED) is 0.877. The lowest BCUT2D eigenvalue weighted by molar-refractivity contribution is 0.304. The molecule has 1 aliphatic rings. The standard InChI is InChI=1S/C13H22N4O/c1-3-7-18-12-8-10(2)15-13(16-12)17-6-4-5-11(14)9-17/h8,11H,3-7,9,14H2,1-2H3/t11-/m1/s1. The highest BCUT2D eigenvalue weighted by molar-refractivity contribution is 5.35. The average molecular weight is 250 g/mol. The van der Waals surface area contributed by atoms with E-state index in [4.69, 9.17) is 10.5 Å². The summed E-state index contributed by atoms with van der Waals surface area (Å²) in [7, 11) is 0. The lowest BCUT2D eigenvalue weighted by Gasteiger charge is -2.30. The number of ether oxygens (including phenoxy) is 1. The molecule has 2 N–H and O–H groups in total. The van der Waals surface area contributed by atoms with Gasteiger partial charge in [-0.25, -0.2) is 4.98 Å². The fraction of sp³-hybridized carbons (Fsp3) is 0.692. The first-order chi connectivity index (χ1) is 8.69. The normalized spacial score (nSPS) is 19.9. The summed E-state index contributed by atoms with van der Waals surface area (Å²) < 4.78 is 5.59. The third-order valence-corrected chi connectivity index (χ3v) is 3.01. The van der Waals surface area contributed by atoms with Crippen LogP contribution in [0, 0.1) is 6.92 Å². The average Bonchev–Trinajstić information content (AvgIpc) is 2.36. The van der Waals surface area contributed by atoms with Crippen LogP contribution in [0.2, 0.25) is 0 Å². The first kappa shape index (κ1) is 13.1. The molecule has 0 amide bonds. The Morgan fingerprint density at radius 2 is 2.33 bits per heavy atom. The fourth-order valence-electron chi connectivity index (χ4n) is 2.14. The summed E-state index contributed by atoms with van der Waals surface area (Å²) in [5.41, 5.74) is 6.93. The highest BCUT2D eigenvalue weighted by atomic mass is 16.5. The predicted octanol–water partition coefficient (Wildman–Crippen LogP) is 1.50. The van der Waals surface area contributed by atoms with E-state index in [9.17, 15) is 0 Å². The number of nitrogens with two attached hydrogens (primary N) is 1. The Hall–Kier alpha value is -1.36. The van der Waals surface area contributed by atoms with Crippen molar-refractivity contribution in [3.05, 3.63) is 11.8 Å². The lowest BCUT2D eigenvalue weighted by Crippen LogP contribution is -2.43. The van der Waals surface area contributed by atoms with Crippen molar-refractivity contribution in [2.75, 3.05) is 24.6 Å². The molecule has 1 aromatic rings. The number of piperidine rings is 1. The maximum Gasteiger partial charge on any atom is 0.228 e. The molecule has 1 atom stereocenters. The van der Waals surface area contributed by atoms with E-state index >= 15 is 0 Å². The Morgan fingerprint density at radius 1 is 1.50 bits per heavy atom. The lowest BCUT2D eigenvalue weighted by atomic mass is 10.1. The molecule has 0 radical (unpaired) electrons. The predicted molar refractivity (Wildman–Crippen MR) is 72.0 cm³/mol. The third kappa shape index (κ3) is 3.32. The Bertz CT molecular complexity index is 397. The summed E-state index contributed by atoms with van der Waals surface area (Å²) in [5.74, 6) is 1.41. The first-order valence-corrected chi connectivity index (χ1v) is 6.68. The Kier molecular flexibility index (Phi) is 4.36. The van der Waals surface area contributed by atoms with E-state index in [0.29, 0.717) is 12.5 Å². The van der Waals surface area contributed by atoms with E-state index in [2.05, 4.69) is 21.8 Å². The molecule has 1 fully saturated rings. The van der Waals surface area contributed by atoms with Crippen molar-refractivity contribution in [3.8, 4) is 5.88 Å². The minimum Gasteiger partial charge on any atom is -0.478 e. The molecule has 18 heavy (non-hydrogen) atoms. The van der Waals surface area contributed by atoms with Crippen LogP contribution >= 0.6 is 0 Å². The van der Waals surface area contributed by atoms with Crippen LogP contribution in [0.3, 0.4) is 0 Å². The molecule has 1 saturated heterocycles. The first-order valence-electron chi connectivity index (χ1n) is 6.68. The number of hydrogen-bond acceptors (Lipinski definition) is 5. The van der Waals surface area contributed by atoms with Gasteiger partial charge in [-0.2, -0.15) is 4.98 Å². The molecule has 0 spiro atoms. The van der Waals surface area contributed by atoms with Gasteiger partial charge in [0, 0.05) is 30.9 Å². The molecule has 1 aliphatic heterocycles. The van der Waals surface area contributed by atoms with Crippen molar-refractivity contribution in [2.45, 2.75) is 39.2 Å². The largest absolute Gasteiger partial charge is 0.478 e. The number of anilines is 1. The Balaban J connectivity index is 2.13. The maximum atomic E-state index is 5.99. The molecule has 0 aromatic carbocycles. The van der Waals surface area contributed by atoms with Gasteiger partial charge in [-0.3, -0.25) is 0 Å². The zero-order chi connectivity index (χ0) is 13.0. The van der Waals surface area contributed by atoms with E-state index in [1.165, 1.54) is 0 Å². The number of hydrogen-bond donors (Lipinski definition) is 1. The number of rotatable bonds is 4. The van der Waals surface area contributed by atoms with Crippen LogP contribution in [0.1, 0.15) is 31.9 Å². The van der Waals surface area contributed by atoms with Crippen LogP contribution in [-0.2, 0) is 0 Å². The van der Waals surface area contributed by atoms with Gasteiger partial charge in [0.25, 0.3) is 0 Å². The van der Waals surface area contributed by atoms with Gasteiger partial charge in [0.1, 0.15) is 0 Å². The second-order valence-electron chi connectivity index (χ2n) is 4.84. The van der Waals surface area contributed by atoms with Crippen LogP contribution < -0.4 is 15.4 Å². The maximum absolute atomic E-state index is 5.99. The summed E-state index contributed by atoms with van der Waals surface area (Å²) in [4.78, 5) is 11.1. The highest BCUT2D eigenvalue weighted by Crippen LogP contribution is 2.19. The second-order valence-corrected chi connectivity index (χ2v) is 4.84. The number of nitrogens with zero attached hydrogens (tertiary/aromatic N) is 3. The van der Waals surface area contributed by atoms with Gasteiger partial charge in [0.2, 0.25) is 11.8 Å². The monoisotopic (exact) mass is 250 g/mol. The van der Waals surface area contributed by atoms with Gasteiger partial charge in [0.05, 0.1) is 6.61 Å². The zero-order valence-electron chi connectivity index (χ0n) is 11.2. The summed E-state index contributed by atoms with van der Waals surface area (Å²) in [6.07, 6.45) is 3.16.